The summed E-state index contributed by atoms with van der Waals surface area (Å²) >= 11 is 0. The number of ether oxygens (including phenoxy) is 1. The van der Waals surface area contributed by atoms with E-state index in [9.17, 15) is 4.79 Å². The lowest BCUT2D eigenvalue weighted by atomic mass is 10.2. The molecule has 0 saturated carbocycles. The first-order chi connectivity index (χ1) is 7.86. The quantitative estimate of drug-likeness (QED) is 0.776. The van der Waals surface area contributed by atoms with Crippen molar-refractivity contribution in [1.29, 1.82) is 0 Å². The molecule has 0 aliphatic heterocycles. The zero-order valence-electron chi connectivity index (χ0n) is 8.74. The summed E-state index contributed by atoms with van der Waals surface area (Å²) in [7, 11) is 0. The van der Waals surface area contributed by atoms with Crippen molar-refractivity contribution < 1.29 is 4.74 Å². The number of aromatic nitrogens is 2. The summed E-state index contributed by atoms with van der Waals surface area (Å²) in [6, 6.07) is 9.83. The van der Waals surface area contributed by atoms with Crippen LogP contribution in [-0.2, 0) is 18.1 Å². The molecule has 1 heterocycles. The van der Waals surface area contributed by atoms with E-state index in [2.05, 4.69) is 4.98 Å². The van der Waals surface area contributed by atoms with Gasteiger partial charge in [-0.05, 0) is 5.56 Å². The molecule has 0 atom stereocenters. The minimum Gasteiger partial charge on any atom is -0.356 e. The van der Waals surface area contributed by atoms with Crippen molar-refractivity contribution in [3.05, 3.63) is 64.8 Å². The van der Waals surface area contributed by atoms with E-state index in [1.165, 1.54) is 10.8 Å². The van der Waals surface area contributed by atoms with Crippen LogP contribution in [0.25, 0.3) is 0 Å². The molecule has 0 bridgehead atoms. The van der Waals surface area contributed by atoms with Crippen molar-refractivity contribution in [3.8, 4) is 0 Å². The van der Waals surface area contributed by atoms with Crippen molar-refractivity contribution in [3.63, 3.8) is 0 Å². The van der Waals surface area contributed by atoms with Gasteiger partial charge in [-0.2, -0.15) is 0 Å². The zero-order chi connectivity index (χ0) is 11.2. The van der Waals surface area contributed by atoms with Crippen molar-refractivity contribution in [2.75, 3.05) is 0 Å². The molecule has 4 nitrogen and oxygen atoms in total. The van der Waals surface area contributed by atoms with Crippen molar-refractivity contribution in [2.24, 2.45) is 0 Å². The van der Waals surface area contributed by atoms with Gasteiger partial charge in [0, 0.05) is 12.4 Å². The van der Waals surface area contributed by atoms with E-state index in [4.69, 9.17) is 4.74 Å². The first kappa shape index (κ1) is 10.6. The lowest BCUT2D eigenvalue weighted by Crippen LogP contribution is -2.20. The topological polar surface area (TPSA) is 44.1 Å². The van der Waals surface area contributed by atoms with Gasteiger partial charge in [-0.1, -0.05) is 30.3 Å². The largest absolute Gasteiger partial charge is 0.356 e. The van der Waals surface area contributed by atoms with Crippen LogP contribution in [0, 0.1) is 0 Å². The zero-order valence-corrected chi connectivity index (χ0v) is 8.74. The predicted octanol–water partition coefficient (Wildman–Crippen LogP) is 1.42. The lowest BCUT2D eigenvalue weighted by molar-refractivity contribution is 0.0615. The summed E-state index contributed by atoms with van der Waals surface area (Å²) in [6.45, 7) is 0.742. The normalized spacial score (nSPS) is 10.2. The SMILES string of the molecule is O=c1cnccn1COCc1ccccc1. The summed E-state index contributed by atoms with van der Waals surface area (Å²) in [5.74, 6) is 0. The Balaban J connectivity index is 1.90. The third-order valence-electron chi connectivity index (χ3n) is 2.14. The number of nitrogens with zero attached hydrogens (tertiary/aromatic N) is 2. The smallest absolute Gasteiger partial charge is 0.270 e. The second-order valence-electron chi connectivity index (χ2n) is 3.35. The standard InChI is InChI=1S/C12H12N2O2/c15-12-8-13-6-7-14(12)10-16-9-11-4-2-1-3-5-11/h1-8H,9-10H2. The van der Waals surface area contributed by atoms with E-state index in [0.29, 0.717) is 6.61 Å². The van der Waals surface area contributed by atoms with E-state index in [1.807, 2.05) is 30.3 Å². The van der Waals surface area contributed by atoms with Gasteiger partial charge in [-0.3, -0.25) is 14.3 Å². The molecular weight excluding hydrogens is 204 g/mol. The average Bonchev–Trinajstić information content (AvgIpc) is 2.33. The molecule has 4 heteroatoms. The van der Waals surface area contributed by atoms with Gasteiger partial charge < -0.3 is 4.74 Å². The fourth-order valence-corrected chi connectivity index (χ4v) is 1.32. The molecule has 82 valence electrons. The highest BCUT2D eigenvalue weighted by Crippen LogP contribution is 2.00. The summed E-state index contributed by atoms with van der Waals surface area (Å²) in [4.78, 5) is 15.0. The van der Waals surface area contributed by atoms with Crippen LogP contribution in [0.3, 0.4) is 0 Å². The highest BCUT2D eigenvalue weighted by Gasteiger charge is 1.95. The van der Waals surface area contributed by atoms with E-state index in [0.717, 1.165) is 5.56 Å². The molecule has 1 aromatic carbocycles. The Kier molecular flexibility index (Phi) is 3.46. The van der Waals surface area contributed by atoms with Crippen LogP contribution in [0.4, 0.5) is 0 Å². The third kappa shape index (κ3) is 2.77. The van der Waals surface area contributed by atoms with Crippen LogP contribution < -0.4 is 5.56 Å². The Morgan fingerprint density at radius 2 is 2.06 bits per heavy atom. The monoisotopic (exact) mass is 216 g/mol. The Morgan fingerprint density at radius 1 is 1.25 bits per heavy atom. The molecule has 0 saturated heterocycles. The van der Waals surface area contributed by atoms with Gasteiger partial charge in [0.2, 0.25) is 0 Å². The average molecular weight is 216 g/mol. The van der Waals surface area contributed by atoms with Crippen LogP contribution >= 0.6 is 0 Å². The summed E-state index contributed by atoms with van der Waals surface area (Å²) in [5.41, 5.74) is 0.931. The van der Waals surface area contributed by atoms with Gasteiger partial charge in [-0.15, -0.1) is 0 Å². The van der Waals surface area contributed by atoms with Crippen molar-refractivity contribution in [2.45, 2.75) is 13.3 Å². The Morgan fingerprint density at radius 3 is 2.81 bits per heavy atom. The first-order valence-electron chi connectivity index (χ1n) is 4.98. The number of benzene rings is 1. The molecular formula is C12H12N2O2. The third-order valence-corrected chi connectivity index (χ3v) is 2.14. The van der Waals surface area contributed by atoms with Crippen LogP contribution in [0.2, 0.25) is 0 Å². The maximum Gasteiger partial charge on any atom is 0.270 e. The molecule has 0 unspecified atom stereocenters. The summed E-state index contributed by atoms with van der Waals surface area (Å²) in [6.07, 6.45) is 4.44. The minimum atomic E-state index is -0.157. The van der Waals surface area contributed by atoms with Gasteiger partial charge in [-0.25, -0.2) is 0 Å². The fourth-order valence-electron chi connectivity index (χ4n) is 1.32. The molecule has 0 amide bonds. The number of hydrogen-bond donors (Lipinski definition) is 0. The second kappa shape index (κ2) is 5.23. The molecule has 16 heavy (non-hydrogen) atoms. The molecule has 0 spiro atoms. The molecule has 2 rings (SSSR count). The molecule has 2 aromatic rings. The van der Waals surface area contributed by atoms with Gasteiger partial charge in [0.05, 0.1) is 12.8 Å². The summed E-state index contributed by atoms with van der Waals surface area (Å²) < 4.78 is 6.89. The van der Waals surface area contributed by atoms with Gasteiger partial charge in [0.1, 0.15) is 6.73 Å². The van der Waals surface area contributed by atoms with E-state index >= 15 is 0 Å². The molecule has 0 N–H and O–H groups in total. The van der Waals surface area contributed by atoms with Crippen molar-refractivity contribution in [1.82, 2.24) is 9.55 Å². The molecule has 0 radical (unpaired) electrons. The Labute approximate surface area is 93.1 Å². The maximum absolute atomic E-state index is 11.3. The molecule has 0 aliphatic rings. The van der Waals surface area contributed by atoms with Gasteiger partial charge in [0.15, 0.2) is 0 Å². The van der Waals surface area contributed by atoms with E-state index in [-0.39, 0.29) is 12.3 Å². The fraction of sp³-hybridized carbons (Fsp3) is 0.167. The molecule has 0 aliphatic carbocycles. The Bertz CT molecular complexity index is 494. The first-order valence-corrected chi connectivity index (χ1v) is 4.98. The minimum absolute atomic E-state index is 0.157. The van der Waals surface area contributed by atoms with Crippen LogP contribution in [-0.4, -0.2) is 9.55 Å². The highest BCUT2D eigenvalue weighted by atomic mass is 16.5. The van der Waals surface area contributed by atoms with Gasteiger partial charge in [0.25, 0.3) is 5.56 Å². The molecule has 1 aromatic heterocycles. The maximum atomic E-state index is 11.3. The van der Waals surface area contributed by atoms with E-state index in [1.54, 1.807) is 12.4 Å². The van der Waals surface area contributed by atoms with E-state index < -0.39 is 0 Å². The number of hydrogen-bond acceptors (Lipinski definition) is 3. The van der Waals surface area contributed by atoms with Crippen LogP contribution in [0.5, 0.6) is 0 Å². The molecule has 0 fully saturated rings. The van der Waals surface area contributed by atoms with Crippen LogP contribution in [0.15, 0.2) is 53.7 Å². The Hall–Kier alpha value is -1.94. The highest BCUT2D eigenvalue weighted by molar-refractivity contribution is 5.13. The van der Waals surface area contributed by atoms with Crippen LogP contribution in [0.1, 0.15) is 5.56 Å². The predicted molar refractivity (Wildman–Crippen MR) is 59.7 cm³/mol. The van der Waals surface area contributed by atoms with Crippen molar-refractivity contribution >= 4 is 0 Å². The lowest BCUT2D eigenvalue weighted by Gasteiger charge is -2.06. The van der Waals surface area contributed by atoms with Gasteiger partial charge >= 0.3 is 0 Å². The summed E-state index contributed by atoms with van der Waals surface area (Å²) in [5, 5.41) is 0. The second-order valence-corrected chi connectivity index (χ2v) is 3.35. The number of rotatable bonds is 4.